The predicted molar refractivity (Wildman–Crippen MR) is 133 cm³/mol. The van der Waals surface area contributed by atoms with Crippen LogP contribution in [0.4, 0.5) is 0 Å². The zero-order valence-electron chi connectivity index (χ0n) is 19.4. The number of carboxylic acids is 1. The summed E-state index contributed by atoms with van der Waals surface area (Å²) in [5, 5.41) is 9.86. The van der Waals surface area contributed by atoms with E-state index >= 15 is 0 Å². The van der Waals surface area contributed by atoms with Gasteiger partial charge in [0, 0.05) is 11.1 Å². The summed E-state index contributed by atoms with van der Waals surface area (Å²) in [4.78, 5) is 64.7. The van der Waals surface area contributed by atoms with Gasteiger partial charge in [-0.2, -0.15) is 0 Å². The molecule has 36 heavy (non-hydrogen) atoms. The molecule has 0 bridgehead atoms. The summed E-state index contributed by atoms with van der Waals surface area (Å²) in [7, 11) is 0. The molecule has 1 N–H and O–H groups in total. The highest BCUT2D eigenvalue weighted by Gasteiger charge is 2.28. The van der Waals surface area contributed by atoms with Crippen LogP contribution in [0, 0.1) is 6.92 Å². The molecule has 0 amide bonds. The Bertz CT molecular complexity index is 1920. The molecule has 2 aromatic heterocycles. The fourth-order valence-electron chi connectivity index (χ4n) is 4.60. The first kappa shape index (κ1) is 22.9. The van der Waals surface area contributed by atoms with Gasteiger partial charge in [0.2, 0.25) is 10.9 Å². The minimum Gasteiger partial charge on any atom is -0.478 e. The highest BCUT2D eigenvalue weighted by Crippen LogP contribution is 2.35. The van der Waals surface area contributed by atoms with E-state index in [9.17, 15) is 29.1 Å². The first-order chi connectivity index (χ1) is 17.1. The highest BCUT2D eigenvalue weighted by molar-refractivity contribution is 6.17. The van der Waals surface area contributed by atoms with Crippen LogP contribution in [0.25, 0.3) is 44.0 Å². The topological polar surface area (TPSA) is 132 Å². The number of rotatable bonds is 4. The molecule has 0 spiro atoms. The molecular formula is C28H18O8. The molecule has 0 fully saturated rings. The van der Waals surface area contributed by atoms with Crippen LogP contribution >= 0.6 is 0 Å². The van der Waals surface area contributed by atoms with Gasteiger partial charge in [-0.15, -0.1) is 0 Å². The van der Waals surface area contributed by atoms with E-state index in [0.29, 0.717) is 5.56 Å². The number of fused-ring (bicyclic) bond motifs is 3. The van der Waals surface area contributed by atoms with Crippen molar-refractivity contribution < 1.29 is 28.3 Å². The van der Waals surface area contributed by atoms with E-state index in [1.165, 1.54) is 32.0 Å². The maximum Gasteiger partial charge on any atom is 0.336 e. The van der Waals surface area contributed by atoms with E-state index in [4.69, 9.17) is 8.83 Å². The van der Waals surface area contributed by atoms with Crippen molar-refractivity contribution in [2.75, 3.05) is 0 Å². The molecule has 178 valence electrons. The fraction of sp³-hybridized carbons (Fsp3) is 0.107. The number of hydrogen-bond donors (Lipinski definition) is 1. The lowest BCUT2D eigenvalue weighted by Gasteiger charge is -2.15. The lowest BCUT2D eigenvalue weighted by Crippen LogP contribution is -2.16. The number of ketones is 2. The maximum atomic E-state index is 13.7. The molecule has 8 nitrogen and oxygen atoms in total. The number of carboxylic acid groups (broad SMARTS) is 1. The van der Waals surface area contributed by atoms with E-state index in [2.05, 4.69) is 0 Å². The molecule has 5 aromatic rings. The molecule has 5 rings (SSSR count). The predicted octanol–water partition coefficient (Wildman–Crippen LogP) is 5.13. The number of para-hydroxylation sites is 1. The third kappa shape index (κ3) is 3.26. The lowest BCUT2D eigenvalue weighted by molar-refractivity contribution is 0.0697. The van der Waals surface area contributed by atoms with Crippen molar-refractivity contribution in [3.8, 4) is 11.1 Å². The monoisotopic (exact) mass is 482 g/mol. The van der Waals surface area contributed by atoms with Gasteiger partial charge >= 0.3 is 5.97 Å². The van der Waals surface area contributed by atoms with Crippen molar-refractivity contribution in [2.24, 2.45) is 0 Å². The van der Waals surface area contributed by atoms with Gasteiger partial charge in [-0.1, -0.05) is 18.2 Å². The van der Waals surface area contributed by atoms with Crippen LogP contribution in [0.2, 0.25) is 0 Å². The second kappa shape index (κ2) is 8.13. The van der Waals surface area contributed by atoms with Crippen LogP contribution in [-0.4, -0.2) is 22.6 Å². The van der Waals surface area contributed by atoms with E-state index in [0.717, 1.165) is 6.26 Å². The third-order valence-electron chi connectivity index (χ3n) is 6.23. The molecule has 0 aliphatic carbocycles. The maximum absolute atomic E-state index is 13.7. The molecule has 0 saturated heterocycles. The van der Waals surface area contributed by atoms with Crippen molar-refractivity contribution in [3.63, 3.8) is 0 Å². The summed E-state index contributed by atoms with van der Waals surface area (Å²) in [5.74, 6) is -2.39. The van der Waals surface area contributed by atoms with E-state index in [1.54, 1.807) is 31.2 Å². The van der Waals surface area contributed by atoms with Gasteiger partial charge in [0.15, 0.2) is 11.6 Å². The number of carbonyl (C=O) groups is 3. The van der Waals surface area contributed by atoms with Gasteiger partial charge in [0.1, 0.15) is 23.0 Å². The SMILES string of the molecule is CC(=O)c1cc2c(=O)c3ccccc3oc2c(C(C)=O)c1-c1coc2ccc(C)c(C(=O)O)c2c1=O. The average molecular weight is 482 g/mol. The number of benzene rings is 3. The summed E-state index contributed by atoms with van der Waals surface area (Å²) in [6, 6.07) is 10.8. The van der Waals surface area contributed by atoms with Crippen molar-refractivity contribution in [1.82, 2.24) is 0 Å². The van der Waals surface area contributed by atoms with E-state index in [1.807, 2.05) is 0 Å². The first-order valence-electron chi connectivity index (χ1n) is 10.9. The Hall–Kier alpha value is -4.85. The van der Waals surface area contributed by atoms with Gasteiger partial charge in [-0.05, 0) is 50.6 Å². The molecular weight excluding hydrogens is 464 g/mol. The number of carbonyl (C=O) groups excluding carboxylic acids is 2. The minimum atomic E-state index is -1.32. The van der Waals surface area contributed by atoms with Crippen LogP contribution in [-0.2, 0) is 0 Å². The molecule has 0 radical (unpaired) electrons. The van der Waals surface area contributed by atoms with Gasteiger partial charge in [-0.25, -0.2) is 4.79 Å². The van der Waals surface area contributed by atoms with E-state index < -0.39 is 28.4 Å². The molecule has 0 unspecified atom stereocenters. The Morgan fingerprint density at radius 1 is 0.833 bits per heavy atom. The summed E-state index contributed by atoms with van der Waals surface area (Å²) < 4.78 is 11.6. The van der Waals surface area contributed by atoms with Crippen molar-refractivity contribution in [2.45, 2.75) is 20.8 Å². The van der Waals surface area contributed by atoms with E-state index in [-0.39, 0.29) is 60.7 Å². The Morgan fingerprint density at radius 3 is 2.22 bits per heavy atom. The smallest absolute Gasteiger partial charge is 0.336 e. The van der Waals surface area contributed by atoms with Crippen LogP contribution in [0.3, 0.4) is 0 Å². The van der Waals surface area contributed by atoms with Gasteiger partial charge < -0.3 is 13.9 Å². The third-order valence-corrected chi connectivity index (χ3v) is 6.23. The summed E-state index contributed by atoms with van der Waals surface area (Å²) >= 11 is 0. The number of hydrogen-bond acceptors (Lipinski definition) is 7. The highest BCUT2D eigenvalue weighted by atomic mass is 16.4. The zero-order chi connectivity index (χ0) is 25.9. The first-order valence-corrected chi connectivity index (χ1v) is 10.9. The normalized spacial score (nSPS) is 11.3. The quantitative estimate of drug-likeness (QED) is 0.275. The van der Waals surface area contributed by atoms with Crippen molar-refractivity contribution in [3.05, 3.63) is 91.4 Å². The molecule has 8 heteroatoms. The molecule has 0 saturated carbocycles. The summed E-state index contributed by atoms with van der Waals surface area (Å²) in [6.45, 7) is 4.02. The van der Waals surface area contributed by atoms with Crippen molar-refractivity contribution >= 4 is 50.4 Å². The average Bonchev–Trinajstić information content (AvgIpc) is 2.83. The van der Waals surface area contributed by atoms with Gasteiger partial charge in [0.05, 0.1) is 32.8 Å². The van der Waals surface area contributed by atoms with Gasteiger partial charge in [-0.3, -0.25) is 19.2 Å². The molecule has 0 atom stereocenters. The molecule has 0 aliphatic heterocycles. The standard InChI is InChI=1S/C28H18O8/c1-12-8-9-20-24(21(12)28(33)34)26(32)18(11-35-20)23-16(13(2)29)10-17-25(31)15-6-4-5-7-19(15)36-27(17)22(23)14(3)30/h4-11H,1-3H3,(H,33,34). The fourth-order valence-corrected chi connectivity index (χ4v) is 4.60. The number of aromatic carboxylic acids is 1. The zero-order valence-corrected chi connectivity index (χ0v) is 19.4. The minimum absolute atomic E-state index is 0.0140. The Kier molecular flexibility index (Phi) is 5.17. The second-order valence-electron chi connectivity index (χ2n) is 8.50. The largest absolute Gasteiger partial charge is 0.478 e. The second-order valence-corrected chi connectivity index (χ2v) is 8.50. The number of Topliss-reactive ketones (excluding diaryl/α,β-unsaturated/α-hetero) is 2. The Morgan fingerprint density at radius 2 is 1.56 bits per heavy atom. The van der Waals surface area contributed by atoms with Crippen LogP contribution < -0.4 is 10.9 Å². The Labute approximate surface area is 202 Å². The Balaban J connectivity index is 2.04. The molecule has 3 aromatic carbocycles. The lowest BCUT2D eigenvalue weighted by atomic mass is 9.88. The summed E-state index contributed by atoms with van der Waals surface area (Å²) in [6.07, 6.45) is 1.09. The summed E-state index contributed by atoms with van der Waals surface area (Å²) in [5.41, 5.74) is -1.34. The van der Waals surface area contributed by atoms with Crippen molar-refractivity contribution in [1.29, 1.82) is 0 Å². The molecule has 0 aliphatic rings. The van der Waals surface area contributed by atoms with Gasteiger partial charge in [0.25, 0.3) is 0 Å². The molecule has 2 heterocycles. The van der Waals surface area contributed by atoms with Crippen LogP contribution in [0.5, 0.6) is 0 Å². The number of aryl methyl sites for hydroxylation is 1. The van der Waals surface area contributed by atoms with Crippen LogP contribution in [0.15, 0.2) is 67.2 Å². The van der Waals surface area contributed by atoms with Crippen LogP contribution in [0.1, 0.15) is 50.5 Å².